The number of amides is 1. The number of piperazine rings is 1. The zero-order valence-electron chi connectivity index (χ0n) is 13.8. The summed E-state index contributed by atoms with van der Waals surface area (Å²) in [6.07, 6.45) is 2.05. The molecule has 0 radical (unpaired) electrons. The maximum absolute atomic E-state index is 12.4. The van der Waals surface area contributed by atoms with Crippen molar-refractivity contribution in [3.05, 3.63) is 35.9 Å². The quantitative estimate of drug-likeness (QED) is 0.840. The van der Waals surface area contributed by atoms with Crippen LogP contribution in [-0.4, -0.2) is 46.7 Å². The lowest BCUT2D eigenvalue weighted by Crippen LogP contribution is -2.56. The Balaban J connectivity index is 1.63. The number of rotatable bonds is 2. The molecule has 0 aromatic heterocycles. The molecule has 2 saturated heterocycles. The molecular weight excluding hydrogens is 276 g/mol. The summed E-state index contributed by atoms with van der Waals surface area (Å²) in [5.41, 5.74) is 0.921. The van der Waals surface area contributed by atoms with Gasteiger partial charge in [0.15, 0.2) is 0 Å². The molecule has 2 aliphatic rings. The van der Waals surface area contributed by atoms with Gasteiger partial charge in [-0.2, -0.15) is 0 Å². The van der Waals surface area contributed by atoms with Crippen LogP contribution in [0.3, 0.4) is 0 Å². The van der Waals surface area contributed by atoms with Crippen molar-refractivity contribution in [3.63, 3.8) is 0 Å². The minimum absolute atomic E-state index is 0.139. The standard InChI is InChI=1S/C18H26N2O2/c1-18(2,3)22-17(21)20-15-9-10-16(20)13-19(12-15)11-14-7-5-4-6-8-14/h4-8,15-16H,9-13H2,1-3H3. The van der Waals surface area contributed by atoms with Gasteiger partial charge in [-0.05, 0) is 39.2 Å². The molecule has 2 aliphatic heterocycles. The predicted molar refractivity (Wildman–Crippen MR) is 86.6 cm³/mol. The van der Waals surface area contributed by atoms with Crippen molar-refractivity contribution in [2.24, 2.45) is 0 Å². The number of fused-ring (bicyclic) bond motifs is 2. The molecule has 0 spiro atoms. The molecule has 2 bridgehead atoms. The van der Waals surface area contributed by atoms with Crippen LogP contribution in [0, 0.1) is 0 Å². The molecule has 120 valence electrons. The molecule has 2 fully saturated rings. The Labute approximate surface area is 133 Å². The highest BCUT2D eigenvalue weighted by Gasteiger charge is 2.44. The predicted octanol–water partition coefficient (Wildman–Crippen LogP) is 3.27. The second-order valence-corrected chi connectivity index (χ2v) is 7.45. The molecule has 2 heterocycles. The average molecular weight is 302 g/mol. The smallest absolute Gasteiger partial charge is 0.410 e. The third-order valence-corrected chi connectivity index (χ3v) is 4.41. The first-order chi connectivity index (χ1) is 10.4. The van der Waals surface area contributed by atoms with Crippen LogP contribution < -0.4 is 0 Å². The molecule has 0 aliphatic carbocycles. The minimum Gasteiger partial charge on any atom is -0.444 e. The van der Waals surface area contributed by atoms with Crippen molar-refractivity contribution in [2.75, 3.05) is 13.1 Å². The van der Waals surface area contributed by atoms with E-state index in [1.165, 1.54) is 5.56 Å². The van der Waals surface area contributed by atoms with E-state index in [0.29, 0.717) is 12.1 Å². The van der Waals surface area contributed by atoms with Gasteiger partial charge in [0.25, 0.3) is 0 Å². The van der Waals surface area contributed by atoms with Gasteiger partial charge >= 0.3 is 6.09 Å². The highest BCUT2D eigenvalue weighted by Crippen LogP contribution is 2.32. The maximum Gasteiger partial charge on any atom is 0.410 e. The van der Waals surface area contributed by atoms with Gasteiger partial charge in [0.1, 0.15) is 5.60 Å². The molecule has 4 heteroatoms. The topological polar surface area (TPSA) is 32.8 Å². The molecule has 0 N–H and O–H groups in total. The van der Waals surface area contributed by atoms with Crippen molar-refractivity contribution in [1.29, 1.82) is 0 Å². The van der Waals surface area contributed by atoms with Gasteiger partial charge in [0.2, 0.25) is 0 Å². The fraction of sp³-hybridized carbons (Fsp3) is 0.611. The highest BCUT2D eigenvalue weighted by atomic mass is 16.6. The van der Waals surface area contributed by atoms with E-state index >= 15 is 0 Å². The van der Waals surface area contributed by atoms with E-state index in [4.69, 9.17) is 4.74 Å². The van der Waals surface area contributed by atoms with Crippen molar-refractivity contribution < 1.29 is 9.53 Å². The Hall–Kier alpha value is -1.55. The van der Waals surface area contributed by atoms with Gasteiger partial charge in [-0.1, -0.05) is 30.3 Å². The van der Waals surface area contributed by atoms with Gasteiger partial charge in [-0.3, -0.25) is 9.80 Å². The summed E-state index contributed by atoms with van der Waals surface area (Å²) in [5.74, 6) is 0. The van der Waals surface area contributed by atoms with Gasteiger partial charge in [0, 0.05) is 31.7 Å². The van der Waals surface area contributed by atoms with Crippen LogP contribution in [0.1, 0.15) is 39.2 Å². The third kappa shape index (κ3) is 3.43. The Morgan fingerprint density at radius 2 is 1.73 bits per heavy atom. The summed E-state index contributed by atoms with van der Waals surface area (Å²) in [6.45, 7) is 8.65. The monoisotopic (exact) mass is 302 g/mol. The first-order valence-corrected chi connectivity index (χ1v) is 8.20. The number of benzene rings is 1. The zero-order chi connectivity index (χ0) is 15.7. The molecule has 22 heavy (non-hydrogen) atoms. The third-order valence-electron chi connectivity index (χ3n) is 4.41. The second-order valence-electron chi connectivity index (χ2n) is 7.45. The van der Waals surface area contributed by atoms with Gasteiger partial charge < -0.3 is 4.74 Å². The maximum atomic E-state index is 12.4. The second kappa shape index (κ2) is 5.92. The lowest BCUT2D eigenvalue weighted by molar-refractivity contribution is -0.00541. The first-order valence-electron chi connectivity index (χ1n) is 8.20. The first kappa shape index (κ1) is 15.3. The van der Waals surface area contributed by atoms with Crippen LogP contribution in [0.2, 0.25) is 0 Å². The lowest BCUT2D eigenvalue weighted by atomic mass is 10.1. The fourth-order valence-corrected chi connectivity index (χ4v) is 3.57. The number of nitrogens with zero attached hydrogens (tertiary/aromatic N) is 2. The summed E-state index contributed by atoms with van der Waals surface area (Å²) >= 11 is 0. The van der Waals surface area contributed by atoms with Crippen LogP contribution in [0.25, 0.3) is 0 Å². The molecule has 2 atom stereocenters. The van der Waals surface area contributed by atoms with Crippen LogP contribution in [0.4, 0.5) is 4.79 Å². The number of carbonyl (C=O) groups is 1. The molecule has 4 nitrogen and oxygen atoms in total. The van der Waals surface area contributed by atoms with Crippen LogP contribution in [0.5, 0.6) is 0 Å². The molecule has 1 aromatic carbocycles. The van der Waals surface area contributed by atoms with Gasteiger partial charge in [-0.25, -0.2) is 4.79 Å². The average Bonchev–Trinajstić information content (AvgIpc) is 2.70. The van der Waals surface area contributed by atoms with E-state index in [2.05, 4.69) is 29.2 Å². The van der Waals surface area contributed by atoms with E-state index in [9.17, 15) is 4.79 Å². The fourth-order valence-electron chi connectivity index (χ4n) is 3.57. The molecule has 0 saturated carbocycles. The van der Waals surface area contributed by atoms with E-state index in [1.54, 1.807) is 0 Å². The Bertz CT molecular complexity index is 510. The molecule has 3 rings (SSSR count). The summed E-state index contributed by atoms with van der Waals surface area (Å²) in [6, 6.07) is 11.2. The largest absolute Gasteiger partial charge is 0.444 e. The van der Waals surface area contributed by atoms with Crippen LogP contribution in [0.15, 0.2) is 30.3 Å². The molecule has 2 unspecified atom stereocenters. The van der Waals surface area contributed by atoms with Crippen molar-refractivity contribution in [2.45, 2.75) is 57.8 Å². The zero-order valence-corrected chi connectivity index (χ0v) is 13.8. The van der Waals surface area contributed by atoms with Gasteiger partial charge in [-0.15, -0.1) is 0 Å². The number of hydrogen-bond acceptors (Lipinski definition) is 3. The minimum atomic E-state index is -0.419. The SMILES string of the molecule is CC(C)(C)OC(=O)N1C2CCC1CN(Cc1ccccc1)C2. The van der Waals surface area contributed by atoms with Crippen LogP contribution >= 0.6 is 0 Å². The number of carbonyl (C=O) groups excluding carboxylic acids is 1. The van der Waals surface area contributed by atoms with Gasteiger partial charge in [0.05, 0.1) is 0 Å². The molecule has 1 aromatic rings. The number of hydrogen-bond donors (Lipinski definition) is 0. The van der Waals surface area contributed by atoms with E-state index < -0.39 is 5.60 Å². The highest BCUT2D eigenvalue weighted by molar-refractivity contribution is 5.69. The normalized spacial score (nSPS) is 25.3. The molecule has 1 amide bonds. The van der Waals surface area contributed by atoms with E-state index in [1.807, 2.05) is 31.7 Å². The summed E-state index contributed by atoms with van der Waals surface area (Å²) in [7, 11) is 0. The van der Waals surface area contributed by atoms with E-state index in [0.717, 1.165) is 32.5 Å². The van der Waals surface area contributed by atoms with Crippen molar-refractivity contribution in [3.8, 4) is 0 Å². The summed E-state index contributed by atoms with van der Waals surface area (Å²) < 4.78 is 5.58. The van der Waals surface area contributed by atoms with E-state index in [-0.39, 0.29) is 6.09 Å². The van der Waals surface area contributed by atoms with Crippen LogP contribution in [-0.2, 0) is 11.3 Å². The molecular formula is C18H26N2O2. The number of likely N-dealkylation sites (tertiary alicyclic amines) is 1. The number of ether oxygens (including phenoxy) is 1. The summed E-state index contributed by atoms with van der Waals surface area (Å²) in [5, 5.41) is 0. The Kier molecular flexibility index (Phi) is 4.13. The lowest BCUT2D eigenvalue weighted by Gasteiger charge is -2.41. The van der Waals surface area contributed by atoms with Crippen molar-refractivity contribution in [1.82, 2.24) is 9.80 Å². The Morgan fingerprint density at radius 3 is 2.27 bits per heavy atom. The summed E-state index contributed by atoms with van der Waals surface area (Å²) in [4.78, 5) is 16.9. The Morgan fingerprint density at radius 1 is 1.14 bits per heavy atom. The van der Waals surface area contributed by atoms with Crippen molar-refractivity contribution >= 4 is 6.09 Å².